The van der Waals surface area contributed by atoms with Gasteiger partial charge in [-0.3, -0.25) is 4.79 Å². The van der Waals surface area contributed by atoms with E-state index in [1.807, 2.05) is 11.0 Å². The van der Waals surface area contributed by atoms with E-state index in [0.29, 0.717) is 34.3 Å². The minimum absolute atomic E-state index is 0.0908. The molecule has 1 amide bonds. The largest absolute Gasteiger partial charge is 0.383 e. The van der Waals surface area contributed by atoms with Gasteiger partial charge < -0.3 is 20.6 Å². The van der Waals surface area contributed by atoms with Crippen LogP contribution in [0.4, 0.5) is 10.2 Å². The van der Waals surface area contributed by atoms with E-state index >= 15 is 4.39 Å². The number of imidazole rings is 1. The number of piperidine rings is 1. The Bertz CT molecular complexity index is 1730. The first-order valence-electron chi connectivity index (χ1n) is 13.7. The Kier molecular flexibility index (Phi) is 5.07. The molecule has 0 unspecified atom stereocenters. The Morgan fingerprint density at radius 1 is 1.05 bits per heavy atom. The van der Waals surface area contributed by atoms with E-state index in [1.165, 1.54) is 12.4 Å². The number of fused-ring (bicyclic) bond motifs is 3. The maximum absolute atomic E-state index is 15.2. The molecule has 40 heavy (non-hydrogen) atoms. The third-order valence-corrected chi connectivity index (χ3v) is 8.74. The maximum Gasteiger partial charge on any atom is 0.292 e. The van der Waals surface area contributed by atoms with E-state index in [0.717, 1.165) is 55.3 Å². The minimum atomic E-state index is -0.380. The second-order valence-electron chi connectivity index (χ2n) is 11.1. The quantitative estimate of drug-likeness (QED) is 0.306. The number of benzene rings is 1. The molecular formula is C28H27FN10O. The van der Waals surface area contributed by atoms with Crippen LogP contribution in [0.15, 0.2) is 43.1 Å². The van der Waals surface area contributed by atoms with E-state index in [9.17, 15) is 4.79 Å². The Morgan fingerprint density at radius 2 is 1.88 bits per heavy atom. The van der Waals surface area contributed by atoms with Crippen molar-refractivity contribution < 1.29 is 9.18 Å². The fourth-order valence-electron chi connectivity index (χ4n) is 6.80. The van der Waals surface area contributed by atoms with Gasteiger partial charge in [0.05, 0.1) is 17.5 Å². The molecule has 8 rings (SSSR count). The number of nitrogen functional groups attached to an aromatic ring is 1. The molecule has 0 radical (unpaired) electrons. The zero-order chi connectivity index (χ0) is 27.0. The van der Waals surface area contributed by atoms with Crippen LogP contribution in [0, 0.1) is 5.82 Å². The number of nitrogens with two attached hydrogens (primary N) is 1. The molecule has 2 saturated heterocycles. The molecule has 6 heterocycles. The normalized spacial score (nSPS) is 22.3. The summed E-state index contributed by atoms with van der Waals surface area (Å²) in [6, 6.07) is 5.29. The highest BCUT2D eigenvalue weighted by Crippen LogP contribution is 2.50. The smallest absolute Gasteiger partial charge is 0.292 e. The van der Waals surface area contributed by atoms with Gasteiger partial charge in [-0.25, -0.2) is 14.4 Å². The van der Waals surface area contributed by atoms with Crippen LogP contribution in [0.5, 0.6) is 0 Å². The van der Waals surface area contributed by atoms with Crippen molar-refractivity contribution in [3.63, 3.8) is 0 Å². The number of anilines is 1. The Morgan fingerprint density at radius 3 is 2.55 bits per heavy atom. The molecule has 202 valence electrons. The zero-order valence-corrected chi connectivity index (χ0v) is 21.6. The molecule has 1 aliphatic carbocycles. The Labute approximate surface area is 228 Å². The van der Waals surface area contributed by atoms with Crippen LogP contribution in [0.1, 0.15) is 72.2 Å². The lowest BCUT2D eigenvalue weighted by Crippen LogP contribution is -2.46. The van der Waals surface area contributed by atoms with Crippen LogP contribution < -0.4 is 5.73 Å². The van der Waals surface area contributed by atoms with Gasteiger partial charge in [0.1, 0.15) is 23.8 Å². The molecule has 4 aromatic heterocycles. The van der Waals surface area contributed by atoms with Crippen LogP contribution in [0.25, 0.3) is 28.2 Å². The standard InChI is InChI=1S/C28H27FN10O/c29-21-11-15(3-6-19(21)25-31-7-8-32-25)20-12-35-39-24(30)22(14-1-2-14)23(36-27(20)39)16-9-17-4-5-18(10-16)38(17)28(40)26-33-13-34-37-26/h3,6-8,11-14,16-18H,1-2,4-5,9-10,30H2,(H,31,32)(H,33,34,37)/t16-,17+,18-. The van der Waals surface area contributed by atoms with Gasteiger partial charge in [-0.05, 0) is 62.1 Å². The van der Waals surface area contributed by atoms with Gasteiger partial charge in [0.2, 0.25) is 5.82 Å². The fraction of sp³-hybridized carbons (Fsp3) is 0.357. The first kappa shape index (κ1) is 23.3. The second-order valence-corrected chi connectivity index (χ2v) is 11.1. The summed E-state index contributed by atoms with van der Waals surface area (Å²) in [6.45, 7) is 0. The highest BCUT2D eigenvalue weighted by molar-refractivity contribution is 5.91. The number of amides is 1. The van der Waals surface area contributed by atoms with Crippen LogP contribution in [-0.4, -0.2) is 62.6 Å². The van der Waals surface area contributed by atoms with Crippen LogP contribution in [-0.2, 0) is 0 Å². The summed E-state index contributed by atoms with van der Waals surface area (Å²) < 4.78 is 16.9. The fourth-order valence-corrected chi connectivity index (χ4v) is 6.80. The number of aromatic amines is 2. The number of H-pyrrole nitrogens is 2. The number of hydrogen-bond acceptors (Lipinski definition) is 7. The van der Waals surface area contributed by atoms with Crippen LogP contribution in [0.3, 0.4) is 0 Å². The number of nitrogens with one attached hydrogen (secondary N) is 2. The molecule has 4 N–H and O–H groups in total. The molecule has 11 nitrogen and oxygen atoms in total. The van der Waals surface area contributed by atoms with Gasteiger partial charge in [-0.15, -0.1) is 10.2 Å². The number of aromatic nitrogens is 8. The van der Waals surface area contributed by atoms with Crippen molar-refractivity contribution in [1.29, 1.82) is 0 Å². The maximum atomic E-state index is 15.2. The summed E-state index contributed by atoms with van der Waals surface area (Å²) in [6.07, 6.45) is 12.1. The van der Waals surface area contributed by atoms with Crippen molar-refractivity contribution >= 4 is 17.4 Å². The molecule has 1 aromatic carbocycles. The van der Waals surface area contributed by atoms with Crippen molar-refractivity contribution in [3.8, 4) is 22.5 Å². The van der Waals surface area contributed by atoms with E-state index in [4.69, 9.17) is 10.7 Å². The van der Waals surface area contributed by atoms with Crippen LogP contribution in [0.2, 0.25) is 0 Å². The molecule has 1 saturated carbocycles. The van der Waals surface area contributed by atoms with E-state index in [1.54, 1.807) is 29.2 Å². The summed E-state index contributed by atoms with van der Waals surface area (Å²) in [7, 11) is 0. The molecule has 5 aromatic rings. The minimum Gasteiger partial charge on any atom is -0.383 e. The molecular weight excluding hydrogens is 511 g/mol. The lowest BCUT2D eigenvalue weighted by atomic mass is 9.85. The first-order chi connectivity index (χ1) is 19.6. The predicted molar refractivity (Wildman–Crippen MR) is 144 cm³/mol. The summed E-state index contributed by atoms with van der Waals surface area (Å²) in [5.41, 5.74) is 11.3. The number of nitrogens with zero attached hydrogens (tertiary/aromatic N) is 7. The summed E-state index contributed by atoms with van der Waals surface area (Å²) in [5, 5.41) is 12.3. The summed E-state index contributed by atoms with van der Waals surface area (Å²) in [5.74, 6) is 1.43. The Hall–Kier alpha value is -4.61. The highest BCUT2D eigenvalue weighted by Gasteiger charge is 2.46. The first-order valence-corrected chi connectivity index (χ1v) is 13.7. The molecule has 3 atom stereocenters. The van der Waals surface area contributed by atoms with Gasteiger partial charge in [-0.2, -0.15) is 9.61 Å². The van der Waals surface area contributed by atoms with Gasteiger partial charge in [0.25, 0.3) is 5.91 Å². The average Bonchev–Trinajstić information content (AvgIpc) is 3.37. The zero-order valence-electron chi connectivity index (χ0n) is 21.6. The van der Waals surface area contributed by atoms with Crippen molar-refractivity contribution in [2.45, 2.75) is 62.4 Å². The van der Waals surface area contributed by atoms with Crippen molar-refractivity contribution in [3.05, 3.63) is 66.0 Å². The van der Waals surface area contributed by atoms with Gasteiger partial charge >= 0.3 is 0 Å². The average molecular weight is 539 g/mol. The third kappa shape index (κ3) is 3.55. The summed E-state index contributed by atoms with van der Waals surface area (Å²) in [4.78, 5) is 30.4. The van der Waals surface area contributed by atoms with Gasteiger partial charge in [-0.1, -0.05) is 6.07 Å². The molecule has 3 aliphatic rings. The molecule has 3 fully saturated rings. The van der Waals surface area contributed by atoms with E-state index in [2.05, 4.69) is 30.2 Å². The molecule has 2 aliphatic heterocycles. The van der Waals surface area contributed by atoms with Crippen molar-refractivity contribution in [2.75, 3.05) is 5.73 Å². The van der Waals surface area contributed by atoms with Crippen molar-refractivity contribution in [2.24, 2.45) is 0 Å². The predicted octanol–water partition coefficient (Wildman–Crippen LogP) is 4.05. The molecule has 12 heteroatoms. The number of carbonyl (C=O) groups excluding carboxylic acids is 1. The van der Waals surface area contributed by atoms with E-state index < -0.39 is 0 Å². The number of rotatable bonds is 5. The van der Waals surface area contributed by atoms with Gasteiger partial charge in [0, 0.05) is 41.5 Å². The second kappa shape index (κ2) is 8.70. The summed E-state index contributed by atoms with van der Waals surface area (Å²) >= 11 is 0. The molecule has 2 bridgehead atoms. The molecule has 0 spiro atoms. The van der Waals surface area contributed by atoms with Crippen molar-refractivity contribution in [1.82, 2.24) is 44.6 Å². The lowest BCUT2D eigenvalue weighted by Gasteiger charge is -2.39. The SMILES string of the molecule is Nc1c(C2CC2)c([C@H]2C[C@H]3CC[C@@H](C2)N3C(=O)c2nnc[nH]2)nc2c(-c3ccc(-c4ncc[nH]4)c(F)c3)cnn12. The Balaban J connectivity index is 1.18. The third-order valence-electron chi connectivity index (χ3n) is 8.74. The number of halogens is 1. The van der Waals surface area contributed by atoms with Crippen LogP contribution >= 0.6 is 0 Å². The lowest BCUT2D eigenvalue weighted by molar-refractivity contribution is 0.0557. The van der Waals surface area contributed by atoms with E-state index in [-0.39, 0.29) is 35.6 Å². The monoisotopic (exact) mass is 538 g/mol. The van der Waals surface area contributed by atoms with Gasteiger partial charge in [0.15, 0.2) is 5.65 Å². The highest BCUT2D eigenvalue weighted by atomic mass is 19.1. The topological polar surface area (TPSA) is 147 Å². The number of carbonyl (C=O) groups is 1. The number of hydrogen-bond donors (Lipinski definition) is 3.